The highest BCUT2D eigenvalue weighted by Crippen LogP contribution is 2.35. The number of aromatic amines is 1. The molecule has 3 rings (SSSR count). The Morgan fingerprint density at radius 3 is 2.50 bits per heavy atom. The maximum Gasteiger partial charge on any atom is 0.129 e. The van der Waals surface area contributed by atoms with Gasteiger partial charge in [0.1, 0.15) is 23.1 Å². The van der Waals surface area contributed by atoms with Crippen LogP contribution in [0.4, 0.5) is 14.6 Å². The van der Waals surface area contributed by atoms with Crippen LogP contribution in [0.1, 0.15) is 0 Å². The van der Waals surface area contributed by atoms with E-state index in [1.165, 1.54) is 16.8 Å². The predicted octanol–water partition coefficient (Wildman–Crippen LogP) is 2.34. The molecular formula is C13H11F2N5. The molecule has 0 saturated heterocycles. The first-order valence-electron chi connectivity index (χ1n) is 5.85. The Labute approximate surface area is 113 Å². The lowest BCUT2D eigenvalue weighted by Gasteiger charge is -2.04. The smallest absolute Gasteiger partial charge is 0.129 e. The number of benzene rings is 1. The van der Waals surface area contributed by atoms with E-state index in [9.17, 15) is 8.78 Å². The van der Waals surface area contributed by atoms with E-state index < -0.39 is 11.6 Å². The van der Waals surface area contributed by atoms with Crippen molar-refractivity contribution in [2.45, 2.75) is 0 Å². The van der Waals surface area contributed by atoms with Gasteiger partial charge in [-0.2, -0.15) is 10.2 Å². The molecule has 0 aliphatic carbocycles. The summed E-state index contributed by atoms with van der Waals surface area (Å²) in [7, 11) is 1.66. The lowest BCUT2D eigenvalue weighted by atomic mass is 10.0. The van der Waals surface area contributed by atoms with E-state index in [1.54, 1.807) is 19.3 Å². The summed E-state index contributed by atoms with van der Waals surface area (Å²) in [6.45, 7) is 0. The average Bonchev–Trinajstić information content (AvgIpc) is 2.97. The second-order valence-corrected chi connectivity index (χ2v) is 4.36. The molecule has 3 N–H and O–H groups in total. The van der Waals surface area contributed by atoms with Gasteiger partial charge >= 0.3 is 0 Å². The van der Waals surface area contributed by atoms with E-state index in [-0.39, 0.29) is 0 Å². The van der Waals surface area contributed by atoms with Gasteiger partial charge < -0.3 is 5.73 Å². The Balaban J connectivity index is 2.27. The van der Waals surface area contributed by atoms with Crippen LogP contribution in [-0.2, 0) is 7.05 Å². The molecule has 7 heteroatoms. The van der Waals surface area contributed by atoms with Gasteiger partial charge in [0.05, 0.1) is 11.3 Å². The van der Waals surface area contributed by atoms with Crippen LogP contribution in [0.5, 0.6) is 0 Å². The fourth-order valence-electron chi connectivity index (χ4n) is 2.10. The van der Waals surface area contributed by atoms with Crippen molar-refractivity contribution in [1.29, 1.82) is 0 Å². The molecule has 102 valence electrons. The number of rotatable bonds is 2. The number of H-pyrrole nitrogens is 1. The summed E-state index contributed by atoms with van der Waals surface area (Å²) in [6, 6.07) is 4.96. The monoisotopic (exact) mass is 275 g/mol. The van der Waals surface area contributed by atoms with Gasteiger partial charge in [0.25, 0.3) is 0 Å². The molecule has 3 aromatic rings. The normalized spacial score (nSPS) is 10.9. The van der Waals surface area contributed by atoms with Crippen LogP contribution >= 0.6 is 0 Å². The predicted molar refractivity (Wildman–Crippen MR) is 70.6 cm³/mol. The van der Waals surface area contributed by atoms with Crippen molar-refractivity contribution in [2.75, 3.05) is 5.73 Å². The first-order chi connectivity index (χ1) is 9.56. The number of halogens is 2. The summed E-state index contributed by atoms with van der Waals surface area (Å²) >= 11 is 0. The Morgan fingerprint density at radius 1 is 1.20 bits per heavy atom. The lowest BCUT2D eigenvalue weighted by Crippen LogP contribution is -1.98. The Hall–Kier alpha value is -2.70. The average molecular weight is 275 g/mol. The number of nitrogens with one attached hydrogen (secondary N) is 1. The van der Waals surface area contributed by atoms with E-state index >= 15 is 0 Å². The fourth-order valence-corrected chi connectivity index (χ4v) is 2.10. The van der Waals surface area contributed by atoms with Crippen molar-refractivity contribution in [1.82, 2.24) is 20.0 Å². The van der Waals surface area contributed by atoms with E-state index in [0.717, 1.165) is 6.07 Å². The molecule has 20 heavy (non-hydrogen) atoms. The number of nitrogens with two attached hydrogens (primary N) is 1. The topological polar surface area (TPSA) is 72.5 Å². The Bertz CT molecular complexity index is 741. The van der Waals surface area contributed by atoms with Gasteiger partial charge in [0.2, 0.25) is 0 Å². The molecule has 0 unspecified atom stereocenters. The van der Waals surface area contributed by atoms with Crippen LogP contribution in [-0.4, -0.2) is 20.0 Å². The number of nitrogens with zero attached hydrogens (tertiary/aromatic N) is 3. The molecule has 0 atom stereocenters. The summed E-state index contributed by atoms with van der Waals surface area (Å²) in [6.07, 6.45) is 1.57. The van der Waals surface area contributed by atoms with E-state index in [0.29, 0.717) is 28.3 Å². The highest BCUT2D eigenvalue weighted by atomic mass is 19.1. The van der Waals surface area contributed by atoms with E-state index in [4.69, 9.17) is 5.73 Å². The molecule has 0 fully saturated rings. The van der Waals surface area contributed by atoms with Gasteiger partial charge in [-0.15, -0.1) is 0 Å². The molecule has 1 aromatic carbocycles. The molecular weight excluding hydrogens is 264 g/mol. The molecule has 0 radical (unpaired) electrons. The van der Waals surface area contributed by atoms with Crippen LogP contribution in [0.15, 0.2) is 30.5 Å². The number of aryl methyl sites for hydroxylation is 1. The van der Waals surface area contributed by atoms with Crippen LogP contribution < -0.4 is 5.73 Å². The molecule has 2 heterocycles. The van der Waals surface area contributed by atoms with Crippen molar-refractivity contribution >= 4 is 5.82 Å². The summed E-state index contributed by atoms with van der Waals surface area (Å²) in [5.41, 5.74) is 7.88. The third kappa shape index (κ3) is 1.93. The largest absolute Gasteiger partial charge is 0.383 e. The standard InChI is InChI=1S/C13H11F2N5/c1-20-13(16)11(7-4-8(14)6-9(15)5-7)12(19-20)10-2-3-17-18-10/h2-6H,16H2,1H3,(H,17,18). The Kier molecular flexibility index (Phi) is 2.74. The molecule has 0 aliphatic rings. The number of anilines is 1. The van der Waals surface area contributed by atoms with Crippen LogP contribution in [0, 0.1) is 11.6 Å². The summed E-state index contributed by atoms with van der Waals surface area (Å²) < 4.78 is 28.2. The molecule has 0 amide bonds. The number of hydrogen-bond acceptors (Lipinski definition) is 3. The van der Waals surface area contributed by atoms with Crippen molar-refractivity contribution in [3.63, 3.8) is 0 Å². The summed E-state index contributed by atoms with van der Waals surface area (Å²) in [5.74, 6) is -1.02. The summed E-state index contributed by atoms with van der Waals surface area (Å²) in [4.78, 5) is 0. The van der Waals surface area contributed by atoms with Gasteiger partial charge in [0, 0.05) is 19.3 Å². The minimum absolute atomic E-state index is 0.319. The Morgan fingerprint density at radius 2 is 1.90 bits per heavy atom. The molecule has 0 spiro atoms. The van der Waals surface area contributed by atoms with Gasteiger partial charge in [-0.25, -0.2) is 8.78 Å². The van der Waals surface area contributed by atoms with Gasteiger partial charge in [-0.05, 0) is 23.8 Å². The number of hydrogen-bond donors (Lipinski definition) is 2. The molecule has 0 aliphatic heterocycles. The maximum atomic E-state index is 13.4. The molecule has 0 bridgehead atoms. The molecule has 0 saturated carbocycles. The van der Waals surface area contributed by atoms with Crippen molar-refractivity contribution in [2.24, 2.45) is 7.05 Å². The third-order valence-corrected chi connectivity index (χ3v) is 3.00. The minimum Gasteiger partial charge on any atom is -0.383 e. The molecule has 5 nitrogen and oxygen atoms in total. The number of nitrogen functional groups attached to an aromatic ring is 1. The van der Waals surface area contributed by atoms with E-state index in [2.05, 4.69) is 15.3 Å². The fraction of sp³-hybridized carbons (Fsp3) is 0.0769. The van der Waals surface area contributed by atoms with Crippen LogP contribution in [0.2, 0.25) is 0 Å². The van der Waals surface area contributed by atoms with Crippen LogP contribution in [0.3, 0.4) is 0 Å². The SMILES string of the molecule is Cn1nc(-c2ccn[nH]2)c(-c2cc(F)cc(F)c2)c1N. The lowest BCUT2D eigenvalue weighted by molar-refractivity contribution is 0.584. The zero-order valence-corrected chi connectivity index (χ0v) is 10.6. The zero-order valence-electron chi connectivity index (χ0n) is 10.6. The zero-order chi connectivity index (χ0) is 14.3. The second-order valence-electron chi connectivity index (χ2n) is 4.36. The first kappa shape index (κ1) is 12.3. The van der Waals surface area contributed by atoms with E-state index in [1.807, 2.05) is 0 Å². The highest BCUT2D eigenvalue weighted by molar-refractivity contribution is 5.86. The van der Waals surface area contributed by atoms with Crippen molar-refractivity contribution < 1.29 is 8.78 Å². The first-order valence-corrected chi connectivity index (χ1v) is 5.85. The molecule has 2 aromatic heterocycles. The highest BCUT2D eigenvalue weighted by Gasteiger charge is 2.19. The second kappa shape index (κ2) is 4.44. The van der Waals surface area contributed by atoms with Crippen molar-refractivity contribution in [3.05, 3.63) is 42.1 Å². The summed E-state index contributed by atoms with van der Waals surface area (Å²) in [5, 5.41) is 10.9. The van der Waals surface area contributed by atoms with Gasteiger partial charge in [-0.3, -0.25) is 9.78 Å². The van der Waals surface area contributed by atoms with Crippen molar-refractivity contribution in [3.8, 4) is 22.5 Å². The quantitative estimate of drug-likeness (QED) is 0.754. The van der Waals surface area contributed by atoms with Gasteiger partial charge in [-0.1, -0.05) is 0 Å². The van der Waals surface area contributed by atoms with Crippen LogP contribution in [0.25, 0.3) is 22.5 Å². The van der Waals surface area contributed by atoms with Gasteiger partial charge in [0.15, 0.2) is 0 Å². The maximum absolute atomic E-state index is 13.4. The number of aromatic nitrogens is 4. The third-order valence-electron chi connectivity index (χ3n) is 3.00. The minimum atomic E-state index is -0.668.